The van der Waals surface area contributed by atoms with Crippen LogP contribution in [0.3, 0.4) is 0 Å². The smallest absolute Gasteiger partial charge is 0.306 e. The first-order valence-corrected chi connectivity index (χ1v) is 7.44. The van der Waals surface area contributed by atoms with Gasteiger partial charge in [-0.3, -0.25) is 9.59 Å². The molecule has 5 heteroatoms. The van der Waals surface area contributed by atoms with Gasteiger partial charge in [-0.2, -0.15) is 11.8 Å². The summed E-state index contributed by atoms with van der Waals surface area (Å²) in [7, 11) is 0. The average Bonchev–Trinajstić information content (AvgIpc) is 2.23. The highest BCUT2D eigenvalue weighted by Gasteiger charge is 2.23. The van der Waals surface area contributed by atoms with Crippen LogP contribution in [0.25, 0.3) is 0 Å². The molecule has 104 valence electrons. The molecule has 0 bridgehead atoms. The lowest BCUT2D eigenvalue weighted by molar-refractivity contribution is -0.156. The van der Waals surface area contributed by atoms with E-state index in [0.717, 1.165) is 18.8 Å². The predicted octanol–water partition coefficient (Wildman–Crippen LogP) is 2.07. The van der Waals surface area contributed by atoms with Gasteiger partial charge in [-0.25, -0.2) is 0 Å². The van der Waals surface area contributed by atoms with E-state index in [1.165, 1.54) is 0 Å². The Bertz CT molecular complexity index is 312. The van der Waals surface area contributed by atoms with Crippen molar-refractivity contribution in [1.29, 1.82) is 0 Å². The summed E-state index contributed by atoms with van der Waals surface area (Å²) in [5.74, 6) is 0.752. The van der Waals surface area contributed by atoms with E-state index < -0.39 is 5.60 Å². The monoisotopic (exact) mass is 273 g/mol. The molecule has 1 aliphatic heterocycles. The van der Waals surface area contributed by atoms with Crippen molar-refractivity contribution in [2.24, 2.45) is 0 Å². The molecular formula is C13H23NO3S. The maximum atomic E-state index is 11.9. The zero-order valence-electron chi connectivity index (χ0n) is 11.7. The Labute approximate surface area is 113 Å². The van der Waals surface area contributed by atoms with Crippen LogP contribution in [-0.4, -0.2) is 46.5 Å². The Kier molecular flexibility index (Phi) is 5.50. The number of ether oxygens (including phenoxy) is 1. The van der Waals surface area contributed by atoms with Crippen molar-refractivity contribution in [1.82, 2.24) is 4.90 Å². The van der Waals surface area contributed by atoms with Gasteiger partial charge >= 0.3 is 5.97 Å². The molecule has 0 N–H and O–H groups in total. The number of thioether (sulfide) groups is 1. The molecule has 0 saturated carbocycles. The van der Waals surface area contributed by atoms with Gasteiger partial charge in [0.2, 0.25) is 5.91 Å². The second-order valence-corrected chi connectivity index (χ2v) is 7.15. The Morgan fingerprint density at radius 3 is 2.56 bits per heavy atom. The van der Waals surface area contributed by atoms with Crippen LogP contribution in [0.1, 0.15) is 40.5 Å². The van der Waals surface area contributed by atoms with Gasteiger partial charge in [0, 0.05) is 30.5 Å². The Balaban J connectivity index is 2.30. The summed E-state index contributed by atoms with van der Waals surface area (Å²) in [4.78, 5) is 25.3. The average molecular weight is 273 g/mol. The normalized spacial score (nSPS) is 20.7. The molecule has 0 aromatic rings. The topological polar surface area (TPSA) is 46.6 Å². The van der Waals surface area contributed by atoms with Crippen LogP contribution in [0.5, 0.6) is 0 Å². The first-order chi connectivity index (χ1) is 8.28. The molecule has 1 saturated heterocycles. The maximum Gasteiger partial charge on any atom is 0.306 e. The first-order valence-electron chi connectivity index (χ1n) is 6.39. The molecule has 1 rings (SSSR count). The number of amides is 1. The van der Waals surface area contributed by atoms with Gasteiger partial charge in [-0.15, -0.1) is 0 Å². The van der Waals surface area contributed by atoms with Crippen molar-refractivity contribution in [2.75, 3.05) is 18.8 Å². The van der Waals surface area contributed by atoms with E-state index in [9.17, 15) is 9.59 Å². The maximum absolute atomic E-state index is 11.9. The minimum absolute atomic E-state index is 0.0630. The number of carbonyl (C=O) groups is 2. The van der Waals surface area contributed by atoms with Gasteiger partial charge in [-0.1, -0.05) is 6.92 Å². The van der Waals surface area contributed by atoms with Gasteiger partial charge in [0.1, 0.15) is 5.60 Å². The molecule has 0 aromatic heterocycles. The summed E-state index contributed by atoms with van der Waals surface area (Å²) in [6.07, 6.45) is 0.431. The number of esters is 1. The highest BCUT2D eigenvalue weighted by atomic mass is 32.2. The molecule has 1 unspecified atom stereocenters. The van der Waals surface area contributed by atoms with E-state index >= 15 is 0 Å². The van der Waals surface area contributed by atoms with Crippen molar-refractivity contribution >= 4 is 23.6 Å². The largest absolute Gasteiger partial charge is 0.460 e. The fourth-order valence-electron chi connectivity index (χ4n) is 1.80. The summed E-state index contributed by atoms with van der Waals surface area (Å²) >= 11 is 1.89. The van der Waals surface area contributed by atoms with E-state index in [-0.39, 0.29) is 24.7 Å². The Hall–Kier alpha value is -0.710. The van der Waals surface area contributed by atoms with Crippen LogP contribution in [0.15, 0.2) is 0 Å². The molecule has 0 aliphatic carbocycles. The van der Waals surface area contributed by atoms with Crippen LogP contribution in [0, 0.1) is 0 Å². The van der Waals surface area contributed by atoms with E-state index in [0.29, 0.717) is 5.25 Å². The molecule has 0 aromatic carbocycles. The van der Waals surface area contributed by atoms with Crippen molar-refractivity contribution in [3.63, 3.8) is 0 Å². The molecule has 4 nitrogen and oxygen atoms in total. The zero-order valence-corrected chi connectivity index (χ0v) is 12.5. The third-order valence-electron chi connectivity index (χ3n) is 2.56. The van der Waals surface area contributed by atoms with Crippen molar-refractivity contribution in [2.45, 2.75) is 51.4 Å². The van der Waals surface area contributed by atoms with Crippen molar-refractivity contribution < 1.29 is 14.3 Å². The van der Waals surface area contributed by atoms with Crippen LogP contribution < -0.4 is 0 Å². The summed E-state index contributed by atoms with van der Waals surface area (Å²) in [5, 5.41) is 0.490. The first kappa shape index (κ1) is 15.3. The van der Waals surface area contributed by atoms with Crippen molar-refractivity contribution in [3.8, 4) is 0 Å². The SMILES string of the molecule is CC1CN(C(=O)CCC(=O)OC(C)(C)C)CCS1. The van der Waals surface area contributed by atoms with Crippen LogP contribution in [0.4, 0.5) is 0 Å². The summed E-state index contributed by atoms with van der Waals surface area (Å²) < 4.78 is 5.18. The number of carbonyl (C=O) groups excluding carboxylic acids is 2. The lowest BCUT2D eigenvalue weighted by atomic mass is 10.2. The number of rotatable bonds is 3. The third-order valence-corrected chi connectivity index (χ3v) is 3.69. The fourth-order valence-corrected chi connectivity index (χ4v) is 2.82. The van der Waals surface area contributed by atoms with Gasteiger partial charge in [0.25, 0.3) is 0 Å². The lowest BCUT2D eigenvalue weighted by Crippen LogP contribution is -2.41. The van der Waals surface area contributed by atoms with E-state index in [2.05, 4.69) is 6.92 Å². The van der Waals surface area contributed by atoms with E-state index in [4.69, 9.17) is 4.74 Å². The highest BCUT2D eigenvalue weighted by molar-refractivity contribution is 7.99. The van der Waals surface area contributed by atoms with Gasteiger partial charge < -0.3 is 9.64 Å². The molecule has 1 heterocycles. The molecule has 1 fully saturated rings. The second-order valence-electron chi connectivity index (χ2n) is 5.61. The summed E-state index contributed by atoms with van der Waals surface area (Å²) in [6, 6.07) is 0. The van der Waals surface area contributed by atoms with Crippen LogP contribution >= 0.6 is 11.8 Å². The molecule has 1 aliphatic rings. The second kappa shape index (κ2) is 6.45. The minimum Gasteiger partial charge on any atom is -0.460 e. The quantitative estimate of drug-likeness (QED) is 0.739. The van der Waals surface area contributed by atoms with Gasteiger partial charge in [0.05, 0.1) is 6.42 Å². The van der Waals surface area contributed by atoms with E-state index in [1.54, 1.807) is 0 Å². The zero-order chi connectivity index (χ0) is 13.8. The molecule has 0 radical (unpaired) electrons. The summed E-state index contributed by atoms with van der Waals surface area (Å²) in [5.41, 5.74) is -0.476. The standard InChI is InChI=1S/C13H23NO3S/c1-10-9-14(7-8-18-10)11(15)5-6-12(16)17-13(2,3)4/h10H,5-9H2,1-4H3. The van der Waals surface area contributed by atoms with Crippen LogP contribution in [-0.2, 0) is 14.3 Å². The Morgan fingerprint density at radius 1 is 1.33 bits per heavy atom. The third kappa shape index (κ3) is 5.76. The molecular weight excluding hydrogens is 250 g/mol. The fraction of sp³-hybridized carbons (Fsp3) is 0.846. The van der Waals surface area contributed by atoms with Crippen molar-refractivity contribution in [3.05, 3.63) is 0 Å². The number of nitrogens with zero attached hydrogens (tertiary/aromatic N) is 1. The molecule has 1 amide bonds. The minimum atomic E-state index is -0.476. The van der Waals surface area contributed by atoms with Gasteiger partial charge in [0.15, 0.2) is 0 Å². The number of hydrogen-bond donors (Lipinski definition) is 0. The lowest BCUT2D eigenvalue weighted by Gasteiger charge is -2.30. The van der Waals surface area contributed by atoms with Gasteiger partial charge in [-0.05, 0) is 20.8 Å². The van der Waals surface area contributed by atoms with E-state index in [1.807, 2.05) is 37.4 Å². The molecule has 0 spiro atoms. The molecule has 1 atom stereocenters. The predicted molar refractivity (Wildman–Crippen MR) is 73.6 cm³/mol. The Morgan fingerprint density at radius 2 is 2.00 bits per heavy atom. The number of hydrogen-bond acceptors (Lipinski definition) is 4. The highest BCUT2D eigenvalue weighted by Crippen LogP contribution is 2.18. The van der Waals surface area contributed by atoms with Crippen LogP contribution in [0.2, 0.25) is 0 Å². The molecule has 18 heavy (non-hydrogen) atoms. The summed E-state index contributed by atoms with van der Waals surface area (Å²) in [6.45, 7) is 9.20.